The Morgan fingerprint density at radius 2 is 1.82 bits per heavy atom. The topological polar surface area (TPSA) is 46.9 Å². The van der Waals surface area contributed by atoms with Gasteiger partial charge in [-0.25, -0.2) is 9.07 Å². The highest BCUT2D eigenvalue weighted by Gasteiger charge is 2.42. The summed E-state index contributed by atoms with van der Waals surface area (Å²) in [5, 5.41) is 8.22. The van der Waals surface area contributed by atoms with Crippen LogP contribution in [-0.4, -0.2) is 15.6 Å². The molecule has 1 aliphatic heterocycles. The fourth-order valence-electron chi connectivity index (χ4n) is 4.44. The average Bonchev–Trinajstić information content (AvgIpc) is 3.04. The number of rotatable bonds is 2. The number of nitrogens with zero attached hydrogens (tertiary/aromatic N) is 2. The third-order valence-electron chi connectivity index (χ3n) is 5.68. The van der Waals surface area contributed by atoms with E-state index in [0.29, 0.717) is 6.42 Å². The van der Waals surface area contributed by atoms with Gasteiger partial charge in [0, 0.05) is 23.6 Å². The molecular formula is C23H20FN3O. The van der Waals surface area contributed by atoms with E-state index in [1.54, 1.807) is 12.1 Å². The molecule has 0 unspecified atom stereocenters. The number of anilines is 1. The number of ketones is 1. The van der Waals surface area contributed by atoms with Crippen molar-refractivity contribution in [1.29, 1.82) is 0 Å². The maximum atomic E-state index is 13.4. The Balaban J connectivity index is 1.74. The van der Waals surface area contributed by atoms with E-state index in [0.717, 1.165) is 40.4 Å². The van der Waals surface area contributed by atoms with Crippen LogP contribution in [0.15, 0.2) is 66.4 Å². The van der Waals surface area contributed by atoms with E-state index in [-0.39, 0.29) is 23.4 Å². The summed E-state index contributed by atoms with van der Waals surface area (Å²) in [6.07, 6.45) is 3.44. The number of fused-ring (bicyclic) bond motifs is 2. The Labute approximate surface area is 162 Å². The lowest BCUT2D eigenvalue weighted by Crippen LogP contribution is -2.35. The highest BCUT2D eigenvalue weighted by Crippen LogP contribution is 2.48. The van der Waals surface area contributed by atoms with E-state index in [4.69, 9.17) is 5.10 Å². The first-order chi connectivity index (χ1) is 13.6. The van der Waals surface area contributed by atoms with Gasteiger partial charge in [-0.3, -0.25) is 4.79 Å². The fourth-order valence-corrected chi connectivity index (χ4v) is 4.44. The van der Waals surface area contributed by atoms with Gasteiger partial charge in [0.05, 0.1) is 17.3 Å². The van der Waals surface area contributed by atoms with Gasteiger partial charge in [-0.2, -0.15) is 5.10 Å². The largest absolute Gasteiger partial charge is 0.343 e. The molecule has 1 N–H and O–H groups in total. The molecule has 2 heterocycles. The second-order valence-electron chi connectivity index (χ2n) is 7.39. The Morgan fingerprint density at radius 1 is 1.07 bits per heavy atom. The smallest absolute Gasteiger partial charge is 0.143 e. The standard InChI is InChI=1S/C23H20FN3O/c1-14-20-21(15-6-3-2-4-7-15)22-18(8-5-9-19(22)28)25-23(20)27(26-14)17-12-10-16(24)11-13-17/h2-4,6-8,10-13,21-22,25H,5,9H2,1H3/t21-,22+/m1/s1. The summed E-state index contributed by atoms with van der Waals surface area (Å²) in [6, 6.07) is 16.5. The molecule has 140 valence electrons. The molecule has 5 heteroatoms. The number of nitrogens with one attached hydrogen (secondary N) is 1. The first-order valence-electron chi connectivity index (χ1n) is 9.53. The number of carbonyl (C=O) groups is 1. The lowest BCUT2D eigenvalue weighted by atomic mass is 9.72. The highest BCUT2D eigenvalue weighted by atomic mass is 19.1. The van der Waals surface area contributed by atoms with Crippen molar-refractivity contribution in [2.24, 2.45) is 5.92 Å². The molecule has 0 saturated carbocycles. The molecule has 1 aromatic heterocycles. The first-order valence-corrected chi connectivity index (χ1v) is 9.53. The lowest BCUT2D eigenvalue weighted by Gasteiger charge is -2.36. The summed E-state index contributed by atoms with van der Waals surface area (Å²) in [6.45, 7) is 1.97. The molecule has 3 aromatic rings. The molecule has 0 radical (unpaired) electrons. The Kier molecular flexibility index (Phi) is 3.90. The molecule has 0 fully saturated rings. The van der Waals surface area contributed by atoms with Crippen LogP contribution in [0.1, 0.15) is 35.6 Å². The van der Waals surface area contributed by atoms with E-state index in [1.807, 2.05) is 29.8 Å². The minimum atomic E-state index is -0.280. The van der Waals surface area contributed by atoms with Crippen LogP contribution in [0.25, 0.3) is 5.69 Å². The van der Waals surface area contributed by atoms with Gasteiger partial charge in [0.15, 0.2) is 0 Å². The highest BCUT2D eigenvalue weighted by molar-refractivity contribution is 5.89. The second kappa shape index (κ2) is 6.44. The van der Waals surface area contributed by atoms with Crippen molar-refractivity contribution in [3.63, 3.8) is 0 Å². The summed E-state index contributed by atoms with van der Waals surface area (Å²) < 4.78 is 15.2. The van der Waals surface area contributed by atoms with Gasteiger partial charge < -0.3 is 5.32 Å². The van der Waals surface area contributed by atoms with Crippen LogP contribution in [0.5, 0.6) is 0 Å². The van der Waals surface area contributed by atoms with Gasteiger partial charge in [-0.1, -0.05) is 36.4 Å². The zero-order chi connectivity index (χ0) is 19.3. The third kappa shape index (κ3) is 2.58. The summed E-state index contributed by atoms with van der Waals surface area (Å²) in [5.41, 5.74) is 4.75. The first kappa shape index (κ1) is 16.9. The van der Waals surface area contributed by atoms with E-state index in [1.165, 1.54) is 12.1 Å². The van der Waals surface area contributed by atoms with Crippen LogP contribution < -0.4 is 5.32 Å². The molecule has 0 saturated heterocycles. The number of allylic oxidation sites excluding steroid dienone is 2. The molecule has 1 aliphatic carbocycles. The van der Waals surface area contributed by atoms with Crippen molar-refractivity contribution in [3.8, 4) is 5.69 Å². The normalized spacial score (nSPS) is 20.8. The molecule has 28 heavy (non-hydrogen) atoms. The predicted octanol–water partition coefficient (Wildman–Crippen LogP) is 4.74. The van der Waals surface area contributed by atoms with Crippen molar-refractivity contribution < 1.29 is 9.18 Å². The number of hydrogen-bond acceptors (Lipinski definition) is 3. The minimum absolute atomic E-state index is 0.0781. The number of carbonyl (C=O) groups excluding carboxylic acids is 1. The van der Waals surface area contributed by atoms with E-state index in [9.17, 15) is 9.18 Å². The van der Waals surface area contributed by atoms with Crippen LogP contribution in [0.3, 0.4) is 0 Å². The molecule has 0 bridgehead atoms. The summed E-state index contributed by atoms with van der Waals surface area (Å²) in [4.78, 5) is 12.9. The summed E-state index contributed by atoms with van der Waals surface area (Å²) in [5.74, 6) is 0.546. The van der Waals surface area contributed by atoms with Gasteiger partial charge in [0.25, 0.3) is 0 Å². The number of halogens is 1. The van der Waals surface area contributed by atoms with Gasteiger partial charge in [-0.15, -0.1) is 0 Å². The molecule has 2 aliphatic rings. The van der Waals surface area contributed by atoms with Crippen LogP contribution >= 0.6 is 0 Å². The van der Waals surface area contributed by atoms with Crippen molar-refractivity contribution in [1.82, 2.24) is 9.78 Å². The van der Waals surface area contributed by atoms with Gasteiger partial charge in [0.1, 0.15) is 17.4 Å². The molecule has 5 rings (SSSR count). The number of benzene rings is 2. The molecule has 4 nitrogen and oxygen atoms in total. The Morgan fingerprint density at radius 3 is 2.57 bits per heavy atom. The van der Waals surface area contributed by atoms with Crippen LogP contribution in [0.2, 0.25) is 0 Å². The van der Waals surface area contributed by atoms with E-state index < -0.39 is 0 Å². The van der Waals surface area contributed by atoms with E-state index >= 15 is 0 Å². The zero-order valence-corrected chi connectivity index (χ0v) is 15.5. The third-order valence-corrected chi connectivity index (χ3v) is 5.68. The van der Waals surface area contributed by atoms with Crippen LogP contribution in [0, 0.1) is 18.7 Å². The fraction of sp³-hybridized carbons (Fsp3) is 0.217. The van der Waals surface area contributed by atoms with Crippen molar-refractivity contribution in [2.45, 2.75) is 25.7 Å². The van der Waals surface area contributed by atoms with Crippen molar-refractivity contribution in [2.75, 3.05) is 5.32 Å². The number of hydrogen-bond donors (Lipinski definition) is 1. The summed E-state index contributed by atoms with van der Waals surface area (Å²) >= 11 is 0. The lowest BCUT2D eigenvalue weighted by molar-refractivity contribution is -0.122. The van der Waals surface area contributed by atoms with Crippen LogP contribution in [0.4, 0.5) is 10.2 Å². The monoisotopic (exact) mass is 373 g/mol. The SMILES string of the molecule is Cc1nn(-c2ccc(F)cc2)c2c1[C@@H](c1ccccc1)[C@@H]1C(=O)CCC=C1N2. The molecular weight excluding hydrogens is 353 g/mol. The van der Waals surface area contributed by atoms with Crippen LogP contribution in [-0.2, 0) is 4.79 Å². The van der Waals surface area contributed by atoms with Gasteiger partial charge in [-0.05, 0) is 43.2 Å². The number of aromatic nitrogens is 2. The maximum absolute atomic E-state index is 13.4. The average molecular weight is 373 g/mol. The molecule has 0 spiro atoms. The minimum Gasteiger partial charge on any atom is -0.343 e. The Hall–Kier alpha value is -3.21. The van der Waals surface area contributed by atoms with Gasteiger partial charge in [0.2, 0.25) is 0 Å². The second-order valence-corrected chi connectivity index (χ2v) is 7.39. The molecule has 2 aromatic carbocycles. The molecule has 0 amide bonds. The number of aryl methyl sites for hydroxylation is 1. The van der Waals surface area contributed by atoms with E-state index in [2.05, 4.69) is 23.5 Å². The van der Waals surface area contributed by atoms with Crippen molar-refractivity contribution >= 4 is 11.6 Å². The number of Topliss-reactive ketones (excluding diaryl/α,β-unsaturated/α-hetero) is 1. The molecule has 2 atom stereocenters. The van der Waals surface area contributed by atoms with Gasteiger partial charge >= 0.3 is 0 Å². The zero-order valence-electron chi connectivity index (χ0n) is 15.5. The van der Waals surface area contributed by atoms with Crippen molar-refractivity contribution in [3.05, 3.63) is 89.0 Å². The predicted molar refractivity (Wildman–Crippen MR) is 106 cm³/mol. The quantitative estimate of drug-likeness (QED) is 0.706. The Bertz CT molecular complexity index is 1080. The summed E-state index contributed by atoms with van der Waals surface area (Å²) in [7, 11) is 0. The maximum Gasteiger partial charge on any atom is 0.143 e.